The summed E-state index contributed by atoms with van der Waals surface area (Å²) < 4.78 is 0. The molecule has 0 N–H and O–H groups in total. The van der Waals surface area contributed by atoms with Crippen molar-refractivity contribution in [3.63, 3.8) is 0 Å². The maximum absolute atomic E-state index is 12.1. The predicted octanol–water partition coefficient (Wildman–Crippen LogP) is 3.18. The van der Waals surface area contributed by atoms with E-state index in [9.17, 15) is 9.59 Å². The van der Waals surface area contributed by atoms with Gasteiger partial charge in [-0.2, -0.15) is 0 Å². The summed E-state index contributed by atoms with van der Waals surface area (Å²) in [6.45, 7) is 4.28. The van der Waals surface area contributed by atoms with Crippen molar-refractivity contribution in [3.05, 3.63) is 24.3 Å². The lowest BCUT2D eigenvalue weighted by Crippen LogP contribution is -2.25. The van der Waals surface area contributed by atoms with Crippen molar-refractivity contribution in [2.45, 2.75) is 30.4 Å². The number of thioether (sulfide) groups is 2. The van der Waals surface area contributed by atoms with Crippen LogP contribution >= 0.6 is 23.5 Å². The topological polar surface area (TPSA) is 37.4 Å². The van der Waals surface area contributed by atoms with Gasteiger partial charge < -0.3 is 4.90 Å². The molecule has 0 saturated carbocycles. The average Bonchev–Trinajstić information content (AvgIpc) is 2.70. The van der Waals surface area contributed by atoms with E-state index in [2.05, 4.69) is 6.92 Å². The molecule has 1 saturated heterocycles. The molecule has 102 valence electrons. The highest BCUT2D eigenvalue weighted by Gasteiger charge is 2.32. The number of hydrogen-bond donors (Lipinski definition) is 0. The van der Waals surface area contributed by atoms with E-state index in [4.69, 9.17) is 0 Å². The van der Waals surface area contributed by atoms with Crippen molar-refractivity contribution in [2.75, 3.05) is 17.2 Å². The minimum atomic E-state index is 0.0795. The molecule has 1 aliphatic heterocycles. The summed E-state index contributed by atoms with van der Waals surface area (Å²) in [5.74, 6) is 1.09. The third-order valence-electron chi connectivity index (χ3n) is 2.88. The molecule has 2 rings (SSSR count). The lowest BCUT2D eigenvalue weighted by atomic mass is 10.3. The van der Waals surface area contributed by atoms with Crippen LogP contribution in [0.2, 0.25) is 0 Å². The number of para-hydroxylation sites is 1. The zero-order valence-electron chi connectivity index (χ0n) is 11.1. The lowest BCUT2D eigenvalue weighted by Gasteiger charge is -2.19. The van der Waals surface area contributed by atoms with Crippen LogP contribution in [0.25, 0.3) is 0 Å². The van der Waals surface area contributed by atoms with Gasteiger partial charge in [0, 0.05) is 30.0 Å². The molecule has 1 fully saturated rings. The number of carbonyl (C=O) groups is 2. The van der Waals surface area contributed by atoms with Crippen molar-refractivity contribution < 1.29 is 9.59 Å². The van der Waals surface area contributed by atoms with Crippen LogP contribution in [0.5, 0.6) is 0 Å². The van der Waals surface area contributed by atoms with E-state index in [0.29, 0.717) is 13.0 Å². The summed E-state index contributed by atoms with van der Waals surface area (Å²) >= 11 is 3.01. The molecule has 0 radical (unpaired) electrons. The van der Waals surface area contributed by atoms with Crippen LogP contribution in [0.15, 0.2) is 29.2 Å². The number of amides is 1. The second-order valence-electron chi connectivity index (χ2n) is 4.34. The number of carbonyl (C=O) groups excluding carboxylic acids is 2. The lowest BCUT2D eigenvalue weighted by molar-refractivity contribution is -0.117. The van der Waals surface area contributed by atoms with Crippen LogP contribution in [0.4, 0.5) is 5.69 Å². The highest BCUT2D eigenvalue weighted by molar-refractivity contribution is 8.14. The first kappa shape index (κ1) is 14.5. The van der Waals surface area contributed by atoms with Crippen molar-refractivity contribution in [3.8, 4) is 0 Å². The van der Waals surface area contributed by atoms with Gasteiger partial charge in [0.2, 0.25) is 5.91 Å². The molecule has 1 aliphatic rings. The molecule has 1 aromatic rings. The van der Waals surface area contributed by atoms with Gasteiger partial charge in [0.1, 0.15) is 0 Å². The standard InChI is InChI=1S/C14H17NO2S2/c1-3-18-13-7-5-4-6-12(13)15-9-11(8-14(15)17)19-10(2)16/h4-7,11H,3,8-9H2,1-2H3. The summed E-state index contributed by atoms with van der Waals surface area (Å²) in [4.78, 5) is 26.2. The van der Waals surface area contributed by atoms with Crippen molar-refractivity contribution in [1.82, 2.24) is 0 Å². The van der Waals surface area contributed by atoms with Crippen LogP contribution < -0.4 is 4.90 Å². The van der Waals surface area contributed by atoms with E-state index in [1.807, 2.05) is 29.2 Å². The van der Waals surface area contributed by atoms with Crippen LogP contribution in [-0.4, -0.2) is 28.6 Å². The second kappa shape index (κ2) is 6.48. The number of anilines is 1. The second-order valence-corrected chi connectivity index (χ2v) is 7.12. The Morgan fingerprint density at radius 3 is 2.84 bits per heavy atom. The predicted molar refractivity (Wildman–Crippen MR) is 81.9 cm³/mol. The molecule has 1 aromatic carbocycles. The summed E-state index contributed by atoms with van der Waals surface area (Å²) in [5, 5.41) is 0.167. The van der Waals surface area contributed by atoms with Gasteiger partial charge in [-0.25, -0.2) is 0 Å². The minimum absolute atomic E-state index is 0.0795. The number of rotatable bonds is 4. The smallest absolute Gasteiger partial charge is 0.228 e. The Labute approximate surface area is 122 Å². The molecule has 1 unspecified atom stereocenters. The van der Waals surface area contributed by atoms with Gasteiger partial charge in [-0.3, -0.25) is 9.59 Å². The molecular formula is C14H17NO2S2. The van der Waals surface area contributed by atoms with Gasteiger partial charge in [-0.05, 0) is 17.9 Å². The molecule has 1 heterocycles. The Kier molecular flexibility index (Phi) is 4.93. The highest BCUT2D eigenvalue weighted by Crippen LogP contribution is 2.34. The van der Waals surface area contributed by atoms with E-state index >= 15 is 0 Å². The van der Waals surface area contributed by atoms with Gasteiger partial charge >= 0.3 is 0 Å². The van der Waals surface area contributed by atoms with Crippen LogP contribution in [0, 0.1) is 0 Å². The van der Waals surface area contributed by atoms with E-state index < -0.39 is 0 Å². The summed E-state index contributed by atoms with van der Waals surface area (Å²) in [6, 6.07) is 7.97. The fraction of sp³-hybridized carbons (Fsp3) is 0.429. The number of benzene rings is 1. The largest absolute Gasteiger partial charge is 0.310 e. The Balaban J connectivity index is 2.18. The fourth-order valence-corrected chi connectivity index (χ4v) is 3.91. The van der Waals surface area contributed by atoms with Gasteiger partial charge in [-0.1, -0.05) is 30.8 Å². The molecule has 19 heavy (non-hydrogen) atoms. The first-order chi connectivity index (χ1) is 9.11. The quantitative estimate of drug-likeness (QED) is 0.800. The monoisotopic (exact) mass is 295 g/mol. The molecule has 1 atom stereocenters. The summed E-state index contributed by atoms with van der Waals surface area (Å²) in [5.41, 5.74) is 0.978. The molecule has 5 heteroatoms. The molecular weight excluding hydrogens is 278 g/mol. The van der Waals surface area contributed by atoms with Crippen molar-refractivity contribution in [2.24, 2.45) is 0 Å². The van der Waals surface area contributed by atoms with Crippen LogP contribution in [0.1, 0.15) is 20.3 Å². The zero-order chi connectivity index (χ0) is 13.8. The summed E-state index contributed by atoms with van der Waals surface area (Å²) in [6.07, 6.45) is 0.454. The average molecular weight is 295 g/mol. The van der Waals surface area contributed by atoms with Crippen LogP contribution in [0.3, 0.4) is 0 Å². The number of hydrogen-bond acceptors (Lipinski definition) is 4. The fourth-order valence-electron chi connectivity index (χ4n) is 2.18. The molecule has 0 spiro atoms. The third-order valence-corrected chi connectivity index (χ3v) is 4.80. The summed E-state index contributed by atoms with van der Waals surface area (Å²) in [7, 11) is 0. The molecule has 3 nitrogen and oxygen atoms in total. The number of nitrogens with zero attached hydrogens (tertiary/aromatic N) is 1. The zero-order valence-corrected chi connectivity index (χ0v) is 12.7. The molecule has 0 bridgehead atoms. The van der Waals surface area contributed by atoms with E-state index in [1.165, 1.54) is 11.8 Å². The molecule has 1 amide bonds. The van der Waals surface area contributed by atoms with Crippen molar-refractivity contribution in [1.29, 1.82) is 0 Å². The van der Waals surface area contributed by atoms with Gasteiger partial charge in [0.25, 0.3) is 0 Å². The Bertz CT molecular complexity index is 490. The van der Waals surface area contributed by atoms with Crippen molar-refractivity contribution >= 4 is 40.2 Å². The van der Waals surface area contributed by atoms with Gasteiger partial charge in [-0.15, -0.1) is 11.8 Å². The van der Waals surface area contributed by atoms with Gasteiger partial charge in [0.05, 0.1) is 5.69 Å². The first-order valence-corrected chi connectivity index (χ1v) is 8.17. The minimum Gasteiger partial charge on any atom is -0.310 e. The van der Waals surface area contributed by atoms with Crippen LogP contribution in [-0.2, 0) is 9.59 Å². The Hall–Kier alpha value is -0.940. The SMILES string of the molecule is CCSc1ccccc1N1CC(SC(C)=O)CC1=O. The maximum atomic E-state index is 12.1. The van der Waals surface area contributed by atoms with E-state index in [0.717, 1.165) is 16.3 Å². The Morgan fingerprint density at radius 1 is 1.42 bits per heavy atom. The molecule has 0 aliphatic carbocycles. The third kappa shape index (κ3) is 3.54. The van der Waals surface area contributed by atoms with Gasteiger partial charge in [0.15, 0.2) is 5.12 Å². The maximum Gasteiger partial charge on any atom is 0.228 e. The first-order valence-electron chi connectivity index (χ1n) is 6.31. The van der Waals surface area contributed by atoms with E-state index in [1.54, 1.807) is 18.7 Å². The van der Waals surface area contributed by atoms with E-state index in [-0.39, 0.29) is 16.3 Å². The normalized spacial score (nSPS) is 18.9. The molecule has 0 aromatic heterocycles. The Morgan fingerprint density at radius 2 is 2.16 bits per heavy atom. The highest BCUT2D eigenvalue weighted by atomic mass is 32.2.